The first kappa shape index (κ1) is 18.2. The van der Waals surface area contributed by atoms with E-state index in [2.05, 4.69) is 13.8 Å². The third-order valence-electron chi connectivity index (χ3n) is 3.11. The van der Waals surface area contributed by atoms with E-state index in [0.29, 0.717) is 22.7 Å². The van der Waals surface area contributed by atoms with E-state index < -0.39 is 7.82 Å². The Morgan fingerprint density at radius 1 is 1.29 bits per heavy atom. The second-order valence-corrected chi connectivity index (χ2v) is 7.96. The van der Waals surface area contributed by atoms with Crippen molar-refractivity contribution in [2.45, 2.75) is 26.7 Å². The van der Waals surface area contributed by atoms with Gasteiger partial charge in [-0.3, -0.25) is 9.42 Å². The maximum atomic E-state index is 12.0. The lowest BCUT2D eigenvalue weighted by Crippen LogP contribution is -2.37. The molecule has 0 aliphatic heterocycles. The lowest BCUT2D eigenvalue weighted by atomic mass is 10.0. The van der Waals surface area contributed by atoms with E-state index in [1.807, 2.05) is 40.2 Å². The van der Waals surface area contributed by atoms with E-state index in [0.717, 1.165) is 11.1 Å². The number of phosphoric ester groups is 1. The van der Waals surface area contributed by atoms with E-state index in [1.165, 1.54) is 0 Å². The number of phosphoric acid groups is 1. The van der Waals surface area contributed by atoms with Gasteiger partial charge in [0.15, 0.2) is 0 Å². The SMILES string of the molecule is Cc1ccc(C(C)C)cc1OP(=O)(O)OCC[N+](C)(C)C. The van der Waals surface area contributed by atoms with Gasteiger partial charge in [0.2, 0.25) is 0 Å². The normalized spacial score (nSPS) is 15.0. The number of rotatable bonds is 7. The lowest BCUT2D eigenvalue weighted by molar-refractivity contribution is -0.870. The van der Waals surface area contributed by atoms with Crippen molar-refractivity contribution in [3.63, 3.8) is 0 Å². The second-order valence-electron chi connectivity index (χ2n) is 6.59. The van der Waals surface area contributed by atoms with Gasteiger partial charge in [-0.25, -0.2) is 4.57 Å². The predicted octanol–water partition coefficient (Wildman–Crippen LogP) is 3.32. The highest BCUT2D eigenvalue weighted by Gasteiger charge is 2.25. The minimum absolute atomic E-state index is 0.167. The standard InChI is InChI=1S/C15H26NO4P/c1-12(2)14-8-7-13(3)15(11-14)20-21(17,18)19-10-9-16(4,5)6/h7-8,11-12H,9-10H2,1-6H3/p+1. The molecule has 1 aromatic carbocycles. The summed E-state index contributed by atoms with van der Waals surface area (Å²) in [6.07, 6.45) is 0. The van der Waals surface area contributed by atoms with Gasteiger partial charge in [-0.2, -0.15) is 0 Å². The van der Waals surface area contributed by atoms with Gasteiger partial charge in [0.05, 0.1) is 21.1 Å². The third-order valence-corrected chi connectivity index (χ3v) is 4.05. The molecule has 0 saturated heterocycles. The predicted molar refractivity (Wildman–Crippen MR) is 84.6 cm³/mol. The summed E-state index contributed by atoms with van der Waals surface area (Å²) in [5, 5.41) is 0. The first-order valence-corrected chi connectivity index (χ1v) is 8.58. The summed E-state index contributed by atoms with van der Waals surface area (Å²) in [4.78, 5) is 9.82. The maximum Gasteiger partial charge on any atom is 0.527 e. The Hall–Kier alpha value is -0.870. The average Bonchev–Trinajstić information content (AvgIpc) is 2.29. The molecule has 0 aliphatic carbocycles. The van der Waals surface area contributed by atoms with Gasteiger partial charge < -0.3 is 9.01 Å². The molecule has 1 atom stereocenters. The van der Waals surface area contributed by atoms with Crippen molar-refractivity contribution >= 4 is 7.82 Å². The Bertz CT molecular complexity index is 523. The molecule has 0 saturated carbocycles. The number of quaternary nitrogens is 1. The molecule has 1 rings (SSSR count). The lowest BCUT2D eigenvalue weighted by Gasteiger charge is -2.24. The van der Waals surface area contributed by atoms with Crippen LogP contribution in [-0.2, 0) is 9.09 Å². The molecule has 0 amide bonds. The zero-order valence-corrected chi connectivity index (χ0v) is 14.7. The first-order valence-electron chi connectivity index (χ1n) is 7.08. The third kappa shape index (κ3) is 6.62. The second kappa shape index (κ2) is 6.93. The number of likely N-dealkylation sites (N-methyl/N-ethyl adjacent to an activating group) is 1. The fourth-order valence-corrected chi connectivity index (χ4v) is 2.47. The molecule has 0 radical (unpaired) electrons. The highest BCUT2D eigenvalue weighted by molar-refractivity contribution is 7.47. The molecular formula is C15H27NO4P+. The molecule has 120 valence electrons. The van der Waals surface area contributed by atoms with Crippen LogP contribution in [0.15, 0.2) is 18.2 Å². The molecule has 6 heteroatoms. The Kier molecular flexibility index (Phi) is 6.00. The summed E-state index contributed by atoms with van der Waals surface area (Å²) in [5.74, 6) is 0.724. The van der Waals surface area contributed by atoms with E-state index in [-0.39, 0.29) is 6.61 Å². The van der Waals surface area contributed by atoms with Gasteiger partial charge in [-0.05, 0) is 30.0 Å². The molecule has 0 fully saturated rings. The molecule has 0 heterocycles. The Labute approximate surface area is 127 Å². The number of hydrogen-bond donors (Lipinski definition) is 1. The number of benzene rings is 1. The van der Waals surface area contributed by atoms with Gasteiger partial charge >= 0.3 is 7.82 Å². The number of aryl methyl sites for hydroxylation is 1. The van der Waals surface area contributed by atoms with Crippen molar-refractivity contribution in [1.29, 1.82) is 0 Å². The van der Waals surface area contributed by atoms with Gasteiger partial charge in [-0.1, -0.05) is 26.0 Å². The van der Waals surface area contributed by atoms with Crippen LogP contribution in [0.5, 0.6) is 5.75 Å². The zero-order chi connectivity index (χ0) is 16.3. The summed E-state index contributed by atoms with van der Waals surface area (Å²) in [7, 11) is 1.88. The Morgan fingerprint density at radius 3 is 2.43 bits per heavy atom. The van der Waals surface area contributed by atoms with Crippen LogP contribution in [-0.4, -0.2) is 43.7 Å². The summed E-state index contributed by atoms with van der Waals surface area (Å²) in [5.41, 5.74) is 1.87. The fourth-order valence-electron chi connectivity index (χ4n) is 1.65. The summed E-state index contributed by atoms with van der Waals surface area (Å²) in [6, 6.07) is 5.68. The zero-order valence-electron chi connectivity index (χ0n) is 13.8. The largest absolute Gasteiger partial charge is 0.527 e. The van der Waals surface area contributed by atoms with Crippen molar-refractivity contribution in [3.05, 3.63) is 29.3 Å². The van der Waals surface area contributed by atoms with Crippen LogP contribution >= 0.6 is 7.82 Å². The molecule has 1 N–H and O–H groups in total. The topological polar surface area (TPSA) is 55.8 Å². The van der Waals surface area contributed by atoms with Crippen LogP contribution in [0.2, 0.25) is 0 Å². The Balaban J connectivity index is 2.74. The van der Waals surface area contributed by atoms with Crippen molar-refractivity contribution < 1.29 is 23.0 Å². The van der Waals surface area contributed by atoms with Crippen molar-refractivity contribution in [2.75, 3.05) is 34.3 Å². The smallest absolute Gasteiger partial charge is 0.404 e. The molecular weight excluding hydrogens is 289 g/mol. The first-order chi connectivity index (χ1) is 9.50. The number of hydrogen-bond acceptors (Lipinski definition) is 3. The van der Waals surface area contributed by atoms with Gasteiger partial charge in [-0.15, -0.1) is 0 Å². The molecule has 0 aromatic heterocycles. The van der Waals surface area contributed by atoms with Crippen LogP contribution in [0.25, 0.3) is 0 Å². The highest BCUT2D eigenvalue weighted by Crippen LogP contribution is 2.45. The van der Waals surface area contributed by atoms with E-state index >= 15 is 0 Å². The average molecular weight is 316 g/mol. The number of nitrogens with zero attached hydrogens (tertiary/aromatic N) is 1. The quantitative estimate of drug-likeness (QED) is 0.619. The molecule has 1 aromatic rings. The summed E-state index contributed by atoms with van der Waals surface area (Å²) >= 11 is 0. The highest BCUT2D eigenvalue weighted by atomic mass is 31.2. The monoisotopic (exact) mass is 316 g/mol. The fraction of sp³-hybridized carbons (Fsp3) is 0.600. The maximum absolute atomic E-state index is 12.0. The van der Waals surface area contributed by atoms with Crippen LogP contribution in [0, 0.1) is 6.92 Å². The van der Waals surface area contributed by atoms with E-state index in [1.54, 1.807) is 6.07 Å². The molecule has 21 heavy (non-hydrogen) atoms. The molecule has 0 spiro atoms. The van der Waals surface area contributed by atoms with Gasteiger partial charge in [0.1, 0.15) is 18.9 Å². The minimum Gasteiger partial charge on any atom is -0.404 e. The molecule has 5 nitrogen and oxygen atoms in total. The minimum atomic E-state index is -4.09. The van der Waals surface area contributed by atoms with Crippen LogP contribution in [0.3, 0.4) is 0 Å². The molecule has 0 aliphatic rings. The van der Waals surface area contributed by atoms with Crippen LogP contribution in [0.1, 0.15) is 30.9 Å². The molecule has 0 bridgehead atoms. The van der Waals surface area contributed by atoms with Crippen LogP contribution in [0.4, 0.5) is 0 Å². The summed E-state index contributed by atoms with van der Waals surface area (Å²) < 4.78 is 22.9. The van der Waals surface area contributed by atoms with Crippen molar-refractivity contribution in [2.24, 2.45) is 0 Å². The Morgan fingerprint density at radius 2 is 1.90 bits per heavy atom. The van der Waals surface area contributed by atoms with Crippen molar-refractivity contribution in [3.8, 4) is 5.75 Å². The van der Waals surface area contributed by atoms with Gasteiger partial charge in [0.25, 0.3) is 0 Å². The van der Waals surface area contributed by atoms with E-state index in [4.69, 9.17) is 9.05 Å². The summed E-state index contributed by atoms with van der Waals surface area (Å²) in [6.45, 7) is 6.75. The van der Waals surface area contributed by atoms with Gasteiger partial charge in [0, 0.05) is 0 Å². The van der Waals surface area contributed by atoms with Crippen molar-refractivity contribution in [1.82, 2.24) is 0 Å². The van der Waals surface area contributed by atoms with E-state index in [9.17, 15) is 9.46 Å². The van der Waals surface area contributed by atoms with Crippen LogP contribution < -0.4 is 4.52 Å². The molecule has 1 unspecified atom stereocenters.